The van der Waals surface area contributed by atoms with E-state index in [1.54, 1.807) is 43.3 Å². The smallest absolute Gasteiger partial charge is 0.336 e. The van der Waals surface area contributed by atoms with Crippen LogP contribution in [0.25, 0.3) is 0 Å². The van der Waals surface area contributed by atoms with E-state index < -0.39 is 5.97 Å². The van der Waals surface area contributed by atoms with Crippen molar-refractivity contribution in [1.82, 2.24) is 0 Å². The molecule has 0 radical (unpaired) electrons. The summed E-state index contributed by atoms with van der Waals surface area (Å²) in [6.07, 6.45) is 0. The van der Waals surface area contributed by atoms with Crippen molar-refractivity contribution in [2.75, 3.05) is 0 Å². The standard InChI is InChI=1S/C15H11ClO3/c1-9-3-2-4-12(15(18)19)13(9)14(17)10-5-7-11(16)8-6-10/h2-8H,1H3,(H,18,19). The van der Waals surface area contributed by atoms with Gasteiger partial charge in [-0.3, -0.25) is 4.79 Å². The number of hydrogen-bond acceptors (Lipinski definition) is 2. The van der Waals surface area contributed by atoms with E-state index in [1.807, 2.05) is 0 Å². The second-order valence-electron chi connectivity index (χ2n) is 4.14. The summed E-state index contributed by atoms with van der Waals surface area (Å²) in [5, 5.41) is 9.68. The van der Waals surface area contributed by atoms with Crippen molar-refractivity contribution in [1.29, 1.82) is 0 Å². The number of carbonyl (C=O) groups is 2. The fourth-order valence-electron chi connectivity index (χ4n) is 1.89. The SMILES string of the molecule is Cc1cccc(C(=O)O)c1C(=O)c1ccc(Cl)cc1. The van der Waals surface area contributed by atoms with Crippen LogP contribution in [0.1, 0.15) is 31.8 Å². The Morgan fingerprint density at radius 3 is 2.26 bits per heavy atom. The molecule has 4 heteroatoms. The number of rotatable bonds is 3. The van der Waals surface area contributed by atoms with E-state index in [9.17, 15) is 9.59 Å². The Hall–Kier alpha value is -2.13. The van der Waals surface area contributed by atoms with Crippen LogP contribution < -0.4 is 0 Å². The predicted octanol–water partition coefficient (Wildman–Crippen LogP) is 3.58. The lowest BCUT2D eigenvalue weighted by atomic mass is 9.94. The van der Waals surface area contributed by atoms with Gasteiger partial charge in [0.1, 0.15) is 0 Å². The molecule has 0 heterocycles. The molecule has 2 aromatic rings. The molecule has 96 valence electrons. The van der Waals surface area contributed by atoms with E-state index in [4.69, 9.17) is 16.7 Å². The first-order chi connectivity index (χ1) is 9.00. The number of aryl methyl sites for hydroxylation is 1. The molecule has 2 aromatic carbocycles. The third kappa shape index (κ3) is 2.66. The third-order valence-electron chi connectivity index (χ3n) is 2.84. The van der Waals surface area contributed by atoms with Gasteiger partial charge in [-0.2, -0.15) is 0 Å². The number of carboxylic acid groups (broad SMARTS) is 1. The van der Waals surface area contributed by atoms with Gasteiger partial charge >= 0.3 is 5.97 Å². The number of benzene rings is 2. The van der Waals surface area contributed by atoms with Crippen molar-refractivity contribution >= 4 is 23.4 Å². The zero-order valence-electron chi connectivity index (χ0n) is 10.2. The molecule has 1 N–H and O–H groups in total. The minimum atomic E-state index is -1.11. The zero-order valence-corrected chi connectivity index (χ0v) is 10.9. The molecule has 0 aliphatic heterocycles. The van der Waals surface area contributed by atoms with Gasteiger partial charge in [0.2, 0.25) is 0 Å². The van der Waals surface area contributed by atoms with Crippen LogP contribution in [-0.2, 0) is 0 Å². The molecule has 0 unspecified atom stereocenters. The van der Waals surface area contributed by atoms with Gasteiger partial charge in [0.25, 0.3) is 0 Å². The number of carboxylic acids is 1. The summed E-state index contributed by atoms with van der Waals surface area (Å²) < 4.78 is 0. The van der Waals surface area contributed by atoms with Crippen LogP contribution in [0.2, 0.25) is 5.02 Å². The highest BCUT2D eigenvalue weighted by Gasteiger charge is 2.19. The van der Waals surface area contributed by atoms with E-state index in [1.165, 1.54) is 6.07 Å². The lowest BCUT2D eigenvalue weighted by Crippen LogP contribution is -2.11. The molecule has 0 spiro atoms. The Balaban J connectivity index is 2.55. The van der Waals surface area contributed by atoms with Crippen LogP contribution >= 0.6 is 11.6 Å². The Bertz CT molecular complexity index is 645. The van der Waals surface area contributed by atoms with Gasteiger partial charge in [-0.05, 0) is 42.8 Å². The number of aromatic carboxylic acids is 1. The molecular formula is C15H11ClO3. The number of carbonyl (C=O) groups excluding carboxylic acids is 1. The van der Waals surface area contributed by atoms with Gasteiger partial charge in [-0.25, -0.2) is 4.79 Å². The van der Waals surface area contributed by atoms with Crippen LogP contribution in [-0.4, -0.2) is 16.9 Å². The fourth-order valence-corrected chi connectivity index (χ4v) is 2.02. The zero-order chi connectivity index (χ0) is 14.0. The Kier molecular flexibility index (Phi) is 3.67. The van der Waals surface area contributed by atoms with Crippen LogP contribution in [0.3, 0.4) is 0 Å². The minimum absolute atomic E-state index is 0.0138. The van der Waals surface area contributed by atoms with Crippen molar-refractivity contribution in [3.05, 3.63) is 69.7 Å². The van der Waals surface area contributed by atoms with E-state index in [-0.39, 0.29) is 16.9 Å². The molecule has 0 saturated carbocycles. The van der Waals surface area contributed by atoms with E-state index in [0.717, 1.165) is 0 Å². The summed E-state index contributed by atoms with van der Waals surface area (Å²) in [6.45, 7) is 1.72. The summed E-state index contributed by atoms with van der Waals surface area (Å²) in [5.41, 5.74) is 1.29. The van der Waals surface area contributed by atoms with Crippen molar-refractivity contribution < 1.29 is 14.7 Å². The first-order valence-electron chi connectivity index (χ1n) is 5.64. The Morgan fingerprint density at radius 1 is 1.05 bits per heavy atom. The van der Waals surface area contributed by atoms with Crippen molar-refractivity contribution in [3.63, 3.8) is 0 Å². The third-order valence-corrected chi connectivity index (χ3v) is 3.09. The van der Waals surface area contributed by atoms with Crippen LogP contribution in [0.4, 0.5) is 0 Å². The van der Waals surface area contributed by atoms with E-state index in [2.05, 4.69) is 0 Å². The summed E-state index contributed by atoms with van der Waals surface area (Å²) >= 11 is 5.77. The average molecular weight is 275 g/mol. The van der Waals surface area contributed by atoms with Crippen LogP contribution in [0.5, 0.6) is 0 Å². The number of ketones is 1. The molecule has 0 aliphatic rings. The molecule has 2 rings (SSSR count). The molecule has 0 amide bonds. The Morgan fingerprint density at radius 2 is 1.68 bits per heavy atom. The van der Waals surface area contributed by atoms with Gasteiger partial charge in [0, 0.05) is 16.1 Å². The molecule has 0 aromatic heterocycles. The monoisotopic (exact) mass is 274 g/mol. The highest BCUT2D eigenvalue weighted by atomic mass is 35.5. The van der Waals surface area contributed by atoms with Crippen molar-refractivity contribution in [3.8, 4) is 0 Å². The summed E-state index contributed by atoms with van der Waals surface area (Å²) in [7, 11) is 0. The van der Waals surface area contributed by atoms with Crippen LogP contribution in [0.15, 0.2) is 42.5 Å². The Labute approximate surface area is 115 Å². The topological polar surface area (TPSA) is 54.4 Å². The lowest BCUT2D eigenvalue weighted by Gasteiger charge is -2.08. The molecule has 0 aliphatic carbocycles. The number of halogens is 1. The molecule has 19 heavy (non-hydrogen) atoms. The molecule has 0 saturated heterocycles. The van der Waals surface area contributed by atoms with Crippen molar-refractivity contribution in [2.45, 2.75) is 6.92 Å². The highest BCUT2D eigenvalue weighted by Crippen LogP contribution is 2.20. The van der Waals surface area contributed by atoms with Gasteiger partial charge in [-0.1, -0.05) is 23.7 Å². The van der Waals surface area contributed by atoms with Gasteiger partial charge < -0.3 is 5.11 Å². The summed E-state index contributed by atoms with van der Waals surface area (Å²) in [4.78, 5) is 23.6. The van der Waals surface area contributed by atoms with E-state index >= 15 is 0 Å². The normalized spacial score (nSPS) is 10.2. The predicted molar refractivity (Wildman–Crippen MR) is 73.0 cm³/mol. The molecule has 0 fully saturated rings. The first-order valence-corrected chi connectivity index (χ1v) is 6.01. The second-order valence-corrected chi connectivity index (χ2v) is 4.58. The maximum atomic E-state index is 12.4. The van der Waals surface area contributed by atoms with Crippen LogP contribution in [0, 0.1) is 6.92 Å². The first kappa shape index (κ1) is 13.3. The summed E-state index contributed by atoms with van der Waals surface area (Å²) in [6, 6.07) is 11.2. The minimum Gasteiger partial charge on any atom is -0.478 e. The molecule has 0 bridgehead atoms. The fraction of sp³-hybridized carbons (Fsp3) is 0.0667. The quantitative estimate of drug-likeness (QED) is 0.871. The van der Waals surface area contributed by atoms with Gasteiger partial charge in [-0.15, -0.1) is 0 Å². The second kappa shape index (κ2) is 5.24. The summed E-state index contributed by atoms with van der Waals surface area (Å²) in [5.74, 6) is -1.42. The molecular weight excluding hydrogens is 264 g/mol. The maximum absolute atomic E-state index is 12.4. The van der Waals surface area contributed by atoms with Crippen molar-refractivity contribution in [2.24, 2.45) is 0 Å². The molecule has 0 atom stereocenters. The molecule has 3 nitrogen and oxygen atoms in total. The number of hydrogen-bond donors (Lipinski definition) is 1. The average Bonchev–Trinajstić information content (AvgIpc) is 2.38. The lowest BCUT2D eigenvalue weighted by molar-refractivity contribution is 0.0692. The highest BCUT2D eigenvalue weighted by molar-refractivity contribution is 6.30. The maximum Gasteiger partial charge on any atom is 0.336 e. The van der Waals surface area contributed by atoms with E-state index in [0.29, 0.717) is 16.1 Å². The van der Waals surface area contributed by atoms with Gasteiger partial charge in [0.05, 0.1) is 5.56 Å². The van der Waals surface area contributed by atoms with Gasteiger partial charge in [0.15, 0.2) is 5.78 Å². The largest absolute Gasteiger partial charge is 0.478 e.